The van der Waals surface area contributed by atoms with Gasteiger partial charge in [-0.05, 0) is 5.92 Å². The van der Waals surface area contributed by atoms with E-state index >= 15 is 0 Å². The topological polar surface area (TPSA) is 84.6 Å². The molecule has 0 saturated heterocycles. The van der Waals surface area contributed by atoms with E-state index in [4.69, 9.17) is 5.73 Å². The van der Waals surface area contributed by atoms with Crippen LogP contribution < -0.4 is 11.1 Å². The monoisotopic (exact) mass is 261 g/mol. The van der Waals surface area contributed by atoms with Crippen LogP contribution >= 0.6 is 23.5 Å². The summed E-state index contributed by atoms with van der Waals surface area (Å²) >= 11 is 3.04. The Hall–Kier alpha value is -0.690. The van der Waals surface area contributed by atoms with E-state index in [-0.39, 0.29) is 17.1 Å². The largest absolute Gasteiger partial charge is 0.351 e. The van der Waals surface area contributed by atoms with Crippen molar-refractivity contribution in [1.82, 2.24) is 5.32 Å². The Bertz CT molecular complexity index is 318. The molecule has 0 radical (unpaired) electrons. The van der Waals surface area contributed by atoms with Crippen LogP contribution in [0.5, 0.6) is 0 Å². The van der Waals surface area contributed by atoms with Gasteiger partial charge in [0, 0.05) is 5.75 Å². The summed E-state index contributed by atoms with van der Waals surface area (Å²) in [7, 11) is 0. The Balaban J connectivity index is 2.59. The van der Waals surface area contributed by atoms with Gasteiger partial charge >= 0.3 is 6.03 Å². The molecule has 16 heavy (non-hydrogen) atoms. The molecule has 0 spiro atoms. The fourth-order valence-electron chi connectivity index (χ4n) is 1.18. The zero-order valence-corrected chi connectivity index (χ0v) is 10.9. The van der Waals surface area contributed by atoms with Crippen molar-refractivity contribution in [2.75, 3.05) is 12.3 Å². The minimum absolute atomic E-state index is 0.119. The van der Waals surface area contributed by atoms with Gasteiger partial charge in [-0.15, -0.1) is 0 Å². The summed E-state index contributed by atoms with van der Waals surface area (Å²) in [6, 6.07) is -0.808. The van der Waals surface area contributed by atoms with E-state index in [2.05, 4.69) is 10.3 Å². The Labute approximate surface area is 103 Å². The number of carbonyl (C=O) groups excluding carboxylic acids is 2. The van der Waals surface area contributed by atoms with Gasteiger partial charge in [-0.1, -0.05) is 37.4 Å². The van der Waals surface area contributed by atoms with Gasteiger partial charge in [-0.25, -0.2) is 4.79 Å². The molecular weight excluding hydrogens is 246 g/mol. The lowest BCUT2D eigenvalue weighted by Crippen LogP contribution is -2.42. The minimum Gasteiger partial charge on any atom is -0.351 e. The molecular formula is C9H15N3O2S2. The number of nitrogens with two attached hydrogens (primary N) is 1. The molecule has 0 fully saturated rings. The fourth-order valence-corrected chi connectivity index (χ4v) is 3.37. The summed E-state index contributed by atoms with van der Waals surface area (Å²) in [6.45, 7) is 4.66. The molecule has 0 aromatic heterocycles. The maximum atomic E-state index is 11.7. The quantitative estimate of drug-likeness (QED) is 0.795. The molecule has 1 heterocycles. The molecule has 0 aromatic rings. The molecule has 1 aliphatic heterocycles. The van der Waals surface area contributed by atoms with Crippen LogP contribution in [-0.4, -0.2) is 33.9 Å². The molecule has 1 rings (SSSR count). The fraction of sp³-hybridized carbons (Fsp3) is 0.667. The first kappa shape index (κ1) is 13.4. The lowest BCUT2D eigenvalue weighted by Gasteiger charge is -2.18. The summed E-state index contributed by atoms with van der Waals surface area (Å²) in [6.07, 6.45) is 0. The van der Waals surface area contributed by atoms with Crippen LogP contribution in [-0.2, 0) is 4.79 Å². The summed E-state index contributed by atoms with van der Waals surface area (Å²) in [5.74, 6) is 0.737. The number of nitrogens with zero attached hydrogens (tertiary/aromatic N) is 1. The van der Waals surface area contributed by atoms with Gasteiger partial charge in [0.15, 0.2) is 0 Å². The van der Waals surface area contributed by atoms with Crippen LogP contribution in [0.3, 0.4) is 0 Å². The summed E-state index contributed by atoms with van der Waals surface area (Å²) in [5.41, 5.74) is 4.92. The molecule has 1 unspecified atom stereocenters. The lowest BCUT2D eigenvalue weighted by molar-refractivity contribution is -0.120. The van der Waals surface area contributed by atoms with Crippen molar-refractivity contribution < 1.29 is 9.59 Å². The molecule has 0 aliphatic carbocycles. The molecule has 0 bridgehead atoms. The Morgan fingerprint density at radius 3 is 2.69 bits per heavy atom. The van der Waals surface area contributed by atoms with Crippen LogP contribution in [0.4, 0.5) is 4.79 Å². The van der Waals surface area contributed by atoms with Crippen LogP contribution in [0.25, 0.3) is 0 Å². The zero-order chi connectivity index (χ0) is 12.1. The van der Waals surface area contributed by atoms with Gasteiger partial charge < -0.3 is 5.73 Å². The highest BCUT2D eigenvalue weighted by atomic mass is 32.2. The SMILES string of the molecule is CC(C)C(SC1=NCCS1)C(=O)NC(N)=O. The van der Waals surface area contributed by atoms with Crippen LogP contribution in [0.2, 0.25) is 0 Å². The molecule has 3 N–H and O–H groups in total. The number of nitrogens with one attached hydrogen (secondary N) is 1. The standard InChI is InChI=1S/C9H15N3O2S2/c1-5(2)6(7(13)12-8(10)14)16-9-11-3-4-15-9/h5-6H,3-4H2,1-2H3,(H3,10,12,13,14). The van der Waals surface area contributed by atoms with Gasteiger partial charge in [0.25, 0.3) is 0 Å². The number of imide groups is 1. The highest BCUT2D eigenvalue weighted by Crippen LogP contribution is 2.29. The van der Waals surface area contributed by atoms with Crippen molar-refractivity contribution in [1.29, 1.82) is 0 Å². The first-order valence-corrected chi connectivity index (χ1v) is 6.81. The van der Waals surface area contributed by atoms with Crippen molar-refractivity contribution in [2.24, 2.45) is 16.6 Å². The van der Waals surface area contributed by atoms with Crippen LogP contribution in [0.1, 0.15) is 13.8 Å². The normalized spacial score (nSPS) is 17.1. The molecule has 90 valence electrons. The van der Waals surface area contributed by atoms with Crippen molar-refractivity contribution in [3.8, 4) is 0 Å². The predicted octanol–water partition coefficient (Wildman–Crippen LogP) is 1.04. The number of primary amides is 1. The van der Waals surface area contributed by atoms with Gasteiger partial charge in [0.1, 0.15) is 4.38 Å². The molecule has 1 atom stereocenters. The third kappa shape index (κ3) is 4.05. The van der Waals surface area contributed by atoms with E-state index < -0.39 is 6.03 Å². The van der Waals surface area contributed by atoms with Crippen molar-refractivity contribution in [2.45, 2.75) is 19.1 Å². The van der Waals surface area contributed by atoms with Gasteiger partial charge in [-0.2, -0.15) is 0 Å². The maximum Gasteiger partial charge on any atom is 0.318 e. The second-order valence-corrected chi connectivity index (χ2v) is 6.10. The maximum absolute atomic E-state index is 11.7. The molecule has 5 nitrogen and oxygen atoms in total. The summed E-state index contributed by atoms with van der Waals surface area (Å²) in [4.78, 5) is 26.6. The summed E-state index contributed by atoms with van der Waals surface area (Å²) in [5, 5.41) is 1.79. The molecule has 0 aromatic carbocycles. The number of urea groups is 1. The number of aliphatic imine (C=N–C) groups is 1. The third-order valence-corrected chi connectivity index (χ3v) is 4.64. The minimum atomic E-state index is -0.808. The van der Waals surface area contributed by atoms with E-state index in [1.54, 1.807) is 11.8 Å². The average molecular weight is 261 g/mol. The molecule has 1 aliphatic rings. The van der Waals surface area contributed by atoms with Gasteiger partial charge in [-0.3, -0.25) is 15.1 Å². The first-order chi connectivity index (χ1) is 7.50. The molecule has 0 saturated carbocycles. The third-order valence-electron chi connectivity index (χ3n) is 1.90. The predicted molar refractivity (Wildman–Crippen MR) is 68.7 cm³/mol. The number of carbonyl (C=O) groups is 2. The van der Waals surface area contributed by atoms with E-state index in [0.717, 1.165) is 16.7 Å². The Morgan fingerprint density at radius 1 is 1.56 bits per heavy atom. The average Bonchev–Trinajstić information content (AvgIpc) is 2.64. The molecule has 7 heteroatoms. The second-order valence-electron chi connectivity index (χ2n) is 3.63. The number of hydrogen-bond donors (Lipinski definition) is 2. The van der Waals surface area contributed by atoms with Crippen molar-refractivity contribution >= 4 is 39.8 Å². The zero-order valence-electron chi connectivity index (χ0n) is 9.23. The number of thioether (sulfide) groups is 2. The Kier molecular flexibility index (Phi) is 5.14. The van der Waals surface area contributed by atoms with E-state index in [1.165, 1.54) is 11.8 Å². The highest BCUT2D eigenvalue weighted by molar-refractivity contribution is 8.39. The first-order valence-electron chi connectivity index (χ1n) is 4.95. The van der Waals surface area contributed by atoms with E-state index in [0.29, 0.717) is 0 Å². The van der Waals surface area contributed by atoms with Crippen molar-refractivity contribution in [3.63, 3.8) is 0 Å². The smallest absolute Gasteiger partial charge is 0.318 e. The molecule has 3 amide bonds. The Morgan fingerprint density at radius 2 is 2.25 bits per heavy atom. The number of amides is 3. The van der Waals surface area contributed by atoms with Gasteiger partial charge in [0.05, 0.1) is 11.8 Å². The van der Waals surface area contributed by atoms with Gasteiger partial charge in [0.2, 0.25) is 5.91 Å². The van der Waals surface area contributed by atoms with Crippen LogP contribution in [0, 0.1) is 5.92 Å². The van der Waals surface area contributed by atoms with Crippen molar-refractivity contribution in [3.05, 3.63) is 0 Å². The van der Waals surface area contributed by atoms with E-state index in [1.807, 2.05) is 13.8 Å². The van der Waals surface area contributed by atoms with Crippen LogP contribution in [0.15, 0.2) is 4.99 Å². The second kappa shape index (κ2) is 6.15. The summed E-state index contributed by atoms with van der Waals surface area (Å²) < 4.78 is 0.915. The number of hydrogen-bond acceptors (Lipinski definition) is 5. The van der Waals surface area contributed by atoms with E-state index in [9.17, 15) is 9.59 Å². The lowest BCUT2D eigenvalue weighted by atomic mass is 10.1. The highest BCUT2D eigenvalue weighted by Gasteiger charge is 2.26. The number of rotatable bonds is 3.